The molecule has 0 aromatic heterocycles. The number of phosphoric acid groups is 1. The van der Waals surface area contributed by atoms with Gasteiger partial charge >= 0.3 is 19.8 Å². The van der Waals surface area contributed by atoms with Crippen LogP contribution >= 0.6 is 7.82 Å². The summed E-state index contributed by atoms with van der Waals surface area (Å²) in [6.45, 7) is 3.34. The van der Waals surface area contributed by atoms with Crippen LogP contribution < -0.4 is 0 Å². The fourth-order valence-electron chi connectivity index (χ4n) is 8.47. The molecule has 64 heavy (non-hydrogen) atoms. The Balaban J connectivity index is 2.34. The van der Waals surface area contributed by atoms with Gasteiger partial charge in [0.1, 0.15) is 43.2 Å². The van der Waals surface area contributed by atoms with Crippen molar-refractivity contribution >= 4 is 19.8 Å². The Hall–Kier alpha value is -1.15. The van der Waals surface area contributed by atoms with Gasteiger partial charge in [-0.15, -0.1) is 0 Å². The summed E-state index contributed by atoms with van der Waals surface area (Å²) >= 11 is 0. The zero-order valence-electron chi connectivity index (χ0n) is 40.6. The molecule has 0 bridgehead atoms. The lowest BCUT2D eigenvalue weighted by atomic mass is 9.85. The summed E-state index contributed by atoms with van der Waals surface area (Å²) in [7, 11) is -5.11. The molecule has 14 heteroatoms. The standard InChI is InChI=1S/C50H97O13P/c1-3-5-7-9-11-13-15-17-18-19-20-21-22-23-24-25-27-29-31-33-35-37-39-44(52)62-42(41-61-64(58,59)63-50-48(56)46(54)45(53)47(55)49(50)57)40-60-43(51)38-36-34-32-30-28-26-16-14-12-10-8-6-4-2/h42,45-50,53-57H,3-41H2,1-2H3,(H,58,59). The Morgan fingerprint density at radius 1 is 0.422 bits per heavy atom. The van der Waals surface area contributed by atoms with Gasteiger partial charge in [0.15, 0.2) is 6.10 Å². The van der Waals surface area contributed by atoms with E-state index in [1.807, 2.05) is 0 Å². The van der Waals surface area contributed by atoms with Gasteiger partial charge < -0.3 is 39.9 Å². The first-order valence-corrected chi connectivity index (χ1v) is 27.8. The van der Waals surface area contributed by atoms with Crippen molar-refractivity contribution in [1.29, 1.82) is 0 Å². The normalized spacial score (nSPS) is 21.4. The molecule has 0 aliphatic heterocycles. The van der Waals surface area contributed by atoms with E-state index < -0.39 is 75.7 Å². The molecule has 1 rings (SSSR count). The molecule has 0 aromatic rings. The molecule has 6 atom stereocenters. The van der Waals surface area contributed by atoms with Gasteiger partial charge in [0.25, 0.3) is 0 Å². The van der Waals surface area contributed by atoms with Crippen molar-refractivity contribution in [2.24, 2.45) is 0 Å². The van der Waals surface area contributed by atoms with Crippen LogP contribution in [0, 0.1) is 0 Å². The number of aliphatic hydroxyl groups excluding tert-OH is 5. The second-order valence-corrected chi connectivity index (χ2v) is 20.2. The molecule has 1 aliphatic carbocycles. The van der Waals surface area contributed by atoms with Gasteiger partial charge in [0.05, 0.1) is 6.61 Å². The molecular weight excluding hydrogens is 840 g/mol. The lowest BCUT2D eigenvalue weighted by molar-refractivity contribution is -0.220. The number of esters is 2. The molecule has 0 aromatic carbocycles. The molecule has 0 saturated heterocycles. The smallest absolute Gasteiger partial charge is 0.462 e. The van der Waals surface area contributed by atoms with E-state index in [9.17, 15) is 44.6 Å². The number of hydrogen-bond donors (Lipinski definition) is 6. The fourth-order valence-corrected chi connectivity index (χ4v) is 9.44. The maximum Gasteiger partial charge on any atom is 0.472 e. The largest absolute Gasteiger partial charge is 0.472 e. The SMILES string of the molecule is CCCCCCCCCCCCCCCCCCCCCCCCC(=O)OC(COC(=O)CCCCCCCCCCCCCCC)COP(=O)(O)OC1C(O)C(O)C(O)C(O)C1O. The number of carbonyl (C=O) groups excluding carboxylic acids is 2. The highest BCUT2D eigenvalue weighted by atomic mass is 31.2. The molecule has 380 valence electrons. The summed E-state index contributed by atoms with van der Waals surface area (Å²) in [5, 5.41) is 50.2. The van der Waals surface area contributed by atoms with Crippen molar-refractivity contribution in [3.8, 4) is 0 Å². The zero-order valence-corrected chi connectivity index (χ0v) is 41.5. The molecule has 0 spiro atoms. The molecule has 1 saturated carbocycles. The van der Waals surface area contributed by atoms with Crippen molar-refractivity contribution in [3.05, 3.63) is 0 Å². The van der Waals surface area contributed by atoms with Gasteiger partial charge in [-0.1, -0.05) is 226 Å². The highest BCUT2D eigenvalue weighted by Gasteiger charge is 2.51. The van der Waals surface area contributed by atoms with Crippen LogP contribution in [0.3, 0.4) is 0 Å². The maximum absolute atomic E-state index is 12.8. The summed E-state index contributed by atoms with van der Waals surface area (Å²) in [5.41, 5.74) is 0. The second-order valence-electron chi connectivity index (χ2n) is 18.7. The van der Waals surface area contributed by atoms with Gasteiger partial charge in [0.2, 0.25) is 0 Å². The van der Waals surface area contributed by atoms with E-state index in [4.69, 9.17) is 18.5 Å². The van der Waals surface area contributed by atoms with Crippen molar-refractivity contribution in [2.75, 3.05) is 13.2 Å². The third-order valence-electron chi connectivity index (χ3n) is 12.7. The van der Waals surface area contributed by atoms with Gasteiger partial charge in [-0.25, -0.2) is 4.57 Å². The first-order valence-electron chi connectivity index (χ1n) is 26.3. The molecule has 6 unspecified atom stereocenters. The summed E-state index contributed by atoms with van der Waals surface area (Å²) in [4.78, 5) is 35.8. The van der Waals surface area contributed by atoms with E-state index in [1.54, 1.807) is 0 Å². The highest BCUT2D eigenvalue weighted by molar-refractivity contribution is 7.47. The Morgan fingerprint density at radius 2 is 0.703 bits per heavy atom. The average molecular weight is 937 g/mol. The van der Waals surface area contributed by atoms with E-state index in [0.29, 0.717) is 12.8 Å². The Morgan fingerprint density at radius 3 is 1.03 bits per heavy atom. The predicted octanol–water partition coefficient (Wildman–Crippen LogP) is 11.2. The molecule has 1 fully saturated rings. The van der Waals surface area contributed by atoms with Crippen LogP contribution in [0.5, 0.6) is 0 Å². The van der Waals surface area contributed by atoms with Crippen LogP contribution in [0.2, 0.25) is 0 Å². The van der Waals surface area contributed by atoms with E-state index in [-0.39, 0.29) is 12.8 Å². The molecular formula is C50H97O13P. The number of unbranched alkanes of at least 4 members (excludes halogenated alkanes) is 33. The Bertz CT molecular complexity index is 1130. The first-order chi connectivity index (χ1) is 30.9. The first kappa shape index (κ1) is 60.9. The van der Waals surface area contributed by atoms with Crippen molar-refractivity contribution in [3.63, 3.8) is 0 Å². The van der Waals surface area contributed by atoms with Crippen LogP contribution in [0.1, 0.15) is 251 Å². The topological polar surface area (TPSA) is 210 Å². The number of carbonyl (C=O) groups is 2. The van der Waals surface area contributed by atoms with Crippen molar-refractivity contribution < 1.29 is 63.1 Å². The van der Waals surface area contributed by atoms with Gasteiger partial charge in [-0.05, 0) is 12.8 Å². The van der Waals surface area contributed by atoms with Crippen molar-refractivity contribution in [2.45, 2.75) is 294 Å². The fraction of sp³-hybridized carbons (Fsp3) is 0.960. The Labute approximate surface area is 389 Å². The number of rotatable bonds is 45. The van der Waals surface area contributed by atoms with Crippen LogP contribution in [-0.4, -0.2) is 98.3 Å². The summed E-state index contributed by atoms with van der Waals surface area (Å²) in [6.07, 6.45) is 30.1. The van der Waals surface area contributed by atoms with Crippen LogP contribution in [0.25, 0.3) is 0 Å². The minimum Gasteiger partial charge on any atom is -0.462 e. The van der Waals surface area contributed by atoms with E-state index in [0.717, 1.165) is 38.5 Å². The molecule has 13 nitrogen and oxygen atoms in total. The van der Waals surface area contributed by atoms with Gasteiger partial charge in [0, 0.05) is 12.8 Å². The number of aliphatic hydroxyl groups is 5. The van der Waals surface area contributed by atoms with E-state index >= 15 is 0 Å². The minimum absolute atomic E-state index is 0.106. The molecule has 0 amide bonds. The van der Waals surface area contributed by atoms with Crippen LogP contribution in [-0.2, 0) is 32.7 Å². The summed E-state index contributed by atoms with van der Waals surface area (Å²) < 4.78 is 33.6. The second kappa shape index (κ2) is 40.9. The number of hydrogen-bond acceptors (Lipinski definition) is 12. The van der Waals surface area contributed by atoms with Gasteiger partial charge in [-0.3, -0.25) is 18.6 Å². The lowest BCUT2D eigenvalue weighted by Crippen LogP contribution is -2.64. The zero-order chi connectivity index (χ0) is 47.1. The van der Waals surface area contributed by atoms with Crippen LogP contribution in [0.4, 0.5) is 0 Å². The lowest BCUT2D eigenvalue weighted by Gasteiger charge is -2.41. The Kier molecular flexibility index (Phi) is 38.9. The summed E-state index contributed by atoms with van der Waals surface area (Å²) in [6, 6.07) is 0. The highest BCUT2D eigenvalue weighted by Crippen LogP contribution is 2.47. The third-order valence-corrected chi connectivity index (χ3v) is 13.7. The molecule has 0 radical (unpaired) electrons. The molecule has 6 N–H and O–H groups in total. The van der Waals surface area contributed by atoms with Crippen LogP contribution in [0.15, 0.2) is 0 Å². The minimum atomic E-state index is -5.11. The van der Waals surface area contributed by atoms with Gasteiger partial charge in [-0.2, -0.15) is 0 Å². The van der Waals surface area contributed by atoms with E-state index in [2.05, 4.69) is 13.8 Å². The molecule has 0 heterocycles. The quantitative estimate of drug-likeness (QED) is 0.0191. The van der Waals surface area contributed by atoms with Crippen molar-refractivity contribution in [1.82, 2.24) is 0 Å². The number of ether oxygens (including phenoxy) is 2. The maximum atomic E-state index is 12.8. The monoisotopic (exact) mass is 937 g/mol. The molecule has 1 aliphatic rings. The van der Waals surface area contributed by atoms with E-state index in [1.165, 1.54) is 173 Å². The third kappa shape index (κ3) is 32.5. The number of phosphoric ester groups is 1. The average Bonchev–Trinajstić information content (AvgIpc) is 3.28. The summed E-state index contributed by atoms with van der Waals surface area (Å²) in [5.74, 6) is -1.08. The predicted molar refractivity (Wildman–Crippen MR) is 254 cm³/mol.